The molecule has 0 saturated heterocycles. The van der Waals surface area contributed by atoms with Crippen molar-refractivity contribution in [2.24, 2.45) is 0 Å². The molecule has 0 aliphatic rings. The Hall–Kier alpha value is -2.50. The first-order chi connectivity index (χ1) is 9.13. The molecule has 0 atom stereocenters. The van der Waals surface area contributed by atoms with Gasteiger partial charge in [-0.2, -0.15) is 0 Å². The molecule has 0 unspecified atom stereocenters. The van der Waals surface area contributed by atoms with Crippen molar-refractivity contribution in [1.82, 2.24) is 4.98 Å². The summed E-state index contributed by atoms with van der Waals surface area (Å²) in [5, 5.41) is 2.48. The van der Waals surface area contributed by atoms with E-state index in [4.69, 9.17) is 4.74 Å². The number of pyridine rings is 1. The van der Waals surface area contributed by atoms with Gasteiger partial charge < -0.3 is 10.1 Å². The first-order valence-electron chi connectivity index (χ1n) is 5.43. The summed E-state index contributed by atoms with van der Waals surface area (Å²) in [6, 6.07) is 7.75. The van der Waals surface area contributed by atoms with Crippen LogP contribution in [0.4, 0.5) is 14.6 Å². The van der Waals surface area contributed by atoms with Gasteiger partial charge >= 0.3 is 0 Å². The SMILES string of the molecule is O=C(COc1cc(F)cc(F)c1)Nc1ccccn1. The van der Waals surface area contributed by atoms with E-state index in [1.54, 1.807) is 18.2 Å². The molecule has 1 heterocycles. The van der Waals surface area contributed by atoms with Crippen molar-refractivity contribution in [2.75, 3.05) is 11.9 Å². The van der Waals surface area contributed by atoms with Crippen LogP contribution >= 0.6 is 0 Å². The summed E-state index contributed by atoms with van der Waals surface area (Å²) < 4.78 is 30.7. The molecule has 0 spiro atoms. The van der Waals surface area contributed by atoms with Crippen LogP contribution in [-0.2, 0) is 4.79 Å². The number of anilines is 1. The Balaban J connectivity index is 1.90. The first-order valence-corrected chi connectivity index (χ1v) is 5.43. The molecule has 0 aliphatic heterocycles. The smallest absolute Gasteiger partial charge is 0.263 e. The minimum atomic E-state index is -0.764. The normalized spacial score (nSPS) is 10.0. The number of carbonyl (C=O) groups is 1. The third kappa shape index (κ3) is 4.02. The summed E-state index contributed by atoms with van der Waals surface area (Å²) in [5.41, 5.74) is 0. The number of amides is 1. The van der Waals surface area contributed by atoms with Gasteiger partial charge in [0.25, 0.3) is 5.91 Å². The van der Waals surface area contributed by atoms with Crippen LogP contribution in [0, 0.1) is 11.6 Å². The second-order valence-corrected chi connectivity index (χ2v) is 3.66. The molecular formula is C13H10F2N2O2. The number of hydrogen-bond acceptors (Lipinski definition) is 3. The van der Waals surface area contributed by atoms with E-state index in [0.29, 0.717) is 5.82 Å². The highest BCUT2D eigenvalue weighted by Crippen LogP contribution is 2.15. The van der Waals surface area contributed by atoms with E-state index < -0.39 is 17.5 Å². The molecule has 4 nitrogen and oxygen atoms in total. The van der Waals surface area contributed by atoms with Crippen LogP contribution in [0.3, 0.4) is 0 Å². The van der Waals surface area contributed by atoms with Gasteiger partial charge in [0, 0.05) is 24.4 Å². The molecule has 1 aromatic heterocycles. The molecule has 1 N–H and O–H groups in total. The monoisotopic (exact) mass is 264 g/mol. The van der Waals surface area contributed by atoms with Crippen LogP contribution in [0.2, 0.25) is 0 Å². The number of carbonyl (C=O) groups excluding carboxylic acids is 1. The van der Waals surface area contributed by atoms with Gasteiger partial charge in [0.05, 0.1) is 0 Å². The zero-order chi connectivity index (χ0) is 13.7. The zero-order valence-corrected chi connectivity index (χ0v) is 9.77. The Morgan fingerprint density at radius 3 is 2.58 bits per heavy atom. The van der Waals surface area contributed by atoms with E-state index in [1.165, 1.54) is 6.20 Å². The van der Waals surface area contributed by atoms with Gasteiger partial charge in [-0.15, -0.1) is 0 Å². The fourth-order valence-corrected chi connectivity index (χ4v) is 1.38. The molecule has 0 bridgehead atoms. The third-order valence-corrected chi connectivity index (χ3v) is 2.14. The Bertz CT molecular complexity index is 556. The van der Waals surface area contributed by atoms with Gasteiger partial charge in [0.1, 0.15) is 23.2 Å². The number of aromatic nitrogens is 1. The van der Waals surface area contributed by atoms with Crippen LogP contribution in [0.1, 0.15) is 0 Å². The first kappa shape index (κ1) is 12.9. The van der Waals surface area contributed by atoms with Crippen LogP contribution < -0.4 is 10.1 Å². The summed E-state index contributed by atoms with van der Waals surface area (Å²) in [6.45, 7) is -0.362. The lowest BCUT2D eigenvalue weighted by Gasteiger charge is -2.07. The number of benzene rings is 1. The van der Waals surface area contributed by atoms with Crippen molar-refractivity contribution in [3.63, 3.8) is 0 Å². The summed E-state index contributed by atoms with van der Waals surface area (Å²) in [4.78, 5) is 15.4. The summed E-state index contributed by atoms with van der Waals surface area (Å²) in [5.74, 6) is -1.67. The quantitative estimate of drug-likeness (QED) is 0.922. The van der Waals surface area contributed by atoms with Crippen molar-refractivity contribution in [2.45, 2.75) is 0 Å². The molecule has 0 aliphatic carbocycles. The molecule has 0 saturated carbocycles. The predicted molar refractivity (Wildman–Crippen MR) is 64.7 cm³/mol. The van der Waals surface area contributed by atoms with E-state index in [2.05, 4.69) is 10.3 Å². The van der Waals surface area contributed by atoms with Crippen molar-refractivity contribution in [3.05, 3.63) is 54.2 Å². The summed E-state index contributed by atoms with van der Waals surface area (Å²) >= 11 is 0. The number of rotatable bonds is 4. The summed E-state index contributed by atoms with van der Waals surface area (Å²) in [7, 11) is 0. The molecule has 2 rings (SSSR count). The largest absolute Gasteiger partial charge is 0.484 e. The van der Waals surface area contributed by atoms with E-state index >= 15 is 0 Å². The molecule has 2 aromatic rings. The van der Waals surface area contributed by atoms with E-state index in [-0.39, 0.29) is 12.4 Å². The Morgan fingerprint density at radius 1 is 1.21 bits per heavy atom. The fraction of sp³-hybridized carbons (Fsp3) is 0.0769. The van der Waals surface area contributed by atoms with Crippen LogP contribution in [0.15, 0.2) is 42.6 Å². The van der Waals surface area contributed by atoms with Crippen molar-refractivity contribution < 1.29 is 18.3 Å². The molecule has 0 fully saturated rings. The van der Waals surface area contributed by atoms with Gasteiger partial charge in [0.15, 0.2) is 6.61 Å². The molecule has 19 heavy (non-hydrogen) atoms. The number of nitrogens with zero attached hydrogens (tertiary/aromatic N) is 1. The van der Waals surface area contributed by atoms with Gasteiger partial charge in [-0.05, 0) is 12.1 Å². The average molecular weight is 264 g/mol. The summed E-state index contributed by atoms with van der Waals surface area (Å²) in [6.07, 6.45) is 1.53. The minimum absolute atomic E-state index is 0.0475. The van der Waals surface area contributed by atoms with Gasteiger partial charge in [-0.3, -0.25) is 4.79 Å². The maximum Gasteiger partial charge on any atom is 0.263 e. The minimum Gasteiger partial charge on any atom is -0.484 e. The van der Waals surface area contributed by atoms with E-state index in [0.717, 1.165) is 18.2 Å². The highest BCUT2D eigenvalue weighted by atomic mass is 19.1. The lowest BCUT2D eigenvalue weighted by atomic mass is 10.3. The Labute approximate surface area is 108 Å². The average Bonchev–Trinajstić information content (AvgIpc) is 2.36. The zero-order valence-electron chi connectivity index (χ0n) is 9.77. The molecule has 0 radical (unpaired) electrons. The lowest BCUT2D eigenvalue weighted by molar-refractivity contribution is -0.118. The predicted octanol–water partition coefficient (Wildman–Crippen LogP) is 2.38. The number of hydrogen-bond donors (Lipinski definition) is 1. The maximum absolute atomic E-state index is 12.9. The molecule has 1 aromatic carbocycles. The topological polar surface area (TPSA) is 51.2 Å². The van der Waals surface area contributed by atoms with Crippen molar-refractivity contribution in [3.8, 4) is 5.75 Å². The number of nitrogens with one attached hydrogen (secondary N) is 1. The molecule has 98 valence electrons. The third-order valence-electron chi connectivity index (χ3n) is 2.14. The van der Waals surface area contributed by atoms with Crippen molar-refractivity contribution in [1.29, 1.82) is 0 Å². The van der Waals surface area contributed by atoms with Crippen molar-refractivity contribution >= 4 is 11.7 Å². The second kappa shape index (κ2) is 5.90. The maximum atomic E-state index is 12.9. The molecule has 6 heteroatoms. The Morgan fingerprint density at radius 2 is 1.95 bits per heavy atom. The van der Waals surface area contributed by atoms with Gasteiger partial charge in [-0.1, -0.05) is 6.07 Å². The van der Waals surface area contributed by atoms with Crippen LogP contribution in [0.25, 0.3) is 0 Å². The van der Waals surface area contributed by atoms with Crippen LogP contribution in [0.5, 0.6) is 5.75 Å². The van der Waals surface area contributed by atoms with E-state index in [9.17, 15) is 13.6 Å². The Kier molecular flexibility index (Phi) is 4.02. The highest BCUT2D eigenvalue weighted by molar-refractivity contribution is 5.90. The lowest BCUT2D eigenvalue weighted by Crippen LogP contribution is -2.20. The van der Waals surface area contributed by atoms with Gasteiger partial charge in [0.2, 0.25) is 0 Å². The fourth-order valence-electron chi connectivity index (χ4n) is 1.38. The van der Waals surface area contributed by atoms with Gasteiger partial charge in [-0.25, -0.2) is 13.8 Å². The molecule has 1 amide bonds. The highest BCUT2D eigenvalue weighted by Gasteiger charge is 2.06. The number of ether oxygens (including phenoxy) is 1. The number of halogens is 2. The molecular weight excluding hydrogens is 254 g/mol. The van der Waals surface area contributed by atoms with Crippen LogP contribution in [-0.4, -0.2) is 17.5 Å². The standard InChI is InChI=1S/C13H10F2N2O2/c14-9-5-10(15)7-11(6-9)19-8-13(18)17-12-3-1-2-4-16-12/h1-7H,8H2,(H,16,17,18). The van der Waals surface area contributed by atoms with E-state index in [1.807, 2.05) is 0 Å². The second-order valence-electron chi connectivity index (χ2n) is 3.66.